The molecule has 0 spiro atoms. The molecule has 2 aromatic carbocycles. The number of amides is 2. The van der Waals surface area contributed by atoms with Crippen molar-refractivity contribution in [3.63, 3.8) is 0 Å². The van der Waals surface area contributed by atoms with Crippen LogP contribution in [0.2, 0.25) is 0 Å². The van der Waals surface area contributed by atoms with E-state index in [0.29, 0.717) is 57.6 Å². The number of pyridine rings is 1. The van der Waals surface area contributed by atoms with Gasteiger partial charge in [0.2, 0.25) is 0 Å². The zero-order chi connectivity index (χ0) is 28.3. The number of rotatable bonds is 11. The molecule has 1 saturated heterocycles. The van der Waals surface area contributed by atoms with E-state index in [9.17, 15) is 10.1 Å². The fraction of sp³-hybridized carbons (Fsp3) is 0.281. The van der Waals surface area contributed by atoms with Crippen molar-refractivity contribution in [2.24, 2.45) is 5.92 Å². The first-order chi connectivity index (χ1) is 19.5. The van der Waals surface area contributed by atoms with Gasteiger partial charge in [-0.05, 0) is 74.5 Å². The summed E-state index contributed by atoms with van der Waals surface area (Å²) in [6.45, 7) is 13.3. The van der Waals surface area contributed by atoms with E-state index in [1.165, 1.54) is 25.3 Å². The van der Waals surface area contributed by atoms with E-state index < -0.39 is 6.03 Å². The summed E-state index contributed by atoms with van der Waals surface area (Å²) in [7, 11) is 0. The van der Waals surface area contributed by atoms with E-state index in [2.05, 4.69) is 46.7 Å². The van der Waals surface area contributed by atoms with Crippen LogP contribution in [0, 0.1) is 17.2 Å². The van der Waals surface area contributed by atoms with Crippen molar-refractivity contribution >= 4 is 22.6 Å². The molecule has 40 heavy (non-hydrogen) atoms. The number of allylic oxidation sites excluding steroid dienone is 3. The number of ether oxygens (including phenoxy) is 2. The summed E-state index contributed by atoms with van der Waals surface area (Å²) < 4.78 is 12.2. The number of benzene rings is 2. The van der Waals surface area contributed by atoms with Crippen LogP contribution in [0.4, 0.5) is 10.5 Å². The zero-order valence-electron chi connectivity index (χ0n) is 22.9. The standard InChI is InChI=1S/C32H35N5O3/c1-4-9-25(5-2)35-32(38)36-26-10-12-27(13-11-26)40-30-14-15-34-29-19-31(24(20-33)18-28(29)30)39-22-23(3)21-37-16-7-6-8-17-37/h4-5,9-15,18-19,23H,1-2,6-8,16-17,21-22H2,3H3,(H2,35,36,38)/b25-9+/t23-/m1/s1. The van der Waals surface area contributed by atoms with Gasteiger partial charge in [-0.25, -0.2) is 4.79 Å². The van der Waals surface area contributed by atoms with Crippen molar-refractivity contribution < 1.29 is 14.3 Å². The summed E-state index contributed by atoms with van der Waals surface area (Å²) in [6, 6.07) is 14.2. The summed E-state index contributed by atoms with van der Waals surface area (Å²) >= 11 is 0. The number of hydrogen-bond acceptors (Lipinski definition) is 6. The summed E-state index contributed by atoms with van der Waals surface area (Å²) in [4.78, 5) is 19.2. The van der Waals surface area contributed by atoms with Crippen LogP contribution in [0.25, 0.3) is 10.9 Å². The van der Waals surface area contributed by atoms with Gasteiger partial charge in [0.25, 0.3) is 0 Å². The van der Waals surface area contributed by atoms with Gasteiger partial charge in [-0.15, -0.1) is 0 Å². The maximum atomic E-state index is 12.2. The molecule has 4 rings (SSSR count). The van der Waals surface area contributed by atoms with Gasteiger partial charge < -0.3 is 25.0 Å². The molecule has 2 amide bonds. The molecule has 0 aliphatic carbocycles. The van der Waals surface area contributed by atoms with E-state index in [1.807, 2.05) is 0 Å². The number of hydrogen-bond donors (Lipinski definition) is 2. The van der Waals surface area contributed by atoms with Gasteiger partial charge in [-0.1, -0.05) is 32.6 Å². The van der Waals surface area contributed by atoms with E-state index in [4.69, 9.17) is 9.47 Å². The largest absolute Gasteiger partial charge is 0.492 e. The summed E-state index contributed by atoms with van der Waals surface area (Å²) in [5.74, 6) is 2.01. The van der Waals surface area contributed by atoms with Crippen LogP contribution in [0.5, 0.6) is 17.2 Å². The van der Waals surface area contributed by atoms with Gasteiger partial charge in [0.15, 0.2) is 0 Å². The smallest absolute Gasteiger partial charge is 0.323 e. The quantitative estimate of drug-likeness (QED) is 0.262. The Morgan fingerprint density at radius 2 is 1.93 bits per heavy atom. The number of nitrogens with one attached hydrogen (secondary N) is 2. The molecule has 0 radical (unpaired) electrons. The van der Waals surface area contributed by atoms with Crippen LogP contribution in [0.3, 0.4) is 0 Å². The number of fused-ring (bicyclic) bond motifs is 1. The van der Waals surface area contributed by atoms with Gasteiger partial charge >= 0.3 is 6.03 Å². The lowest BCUT2D eigenvalue weighted by Crippen LogP contribution is -2.35. The Labute approximate surface area is 235 Å². The van der Waals surface area contributed by atoms with Crippen molar-refractivity contribution in [1.82, 2.24) is 15.2 Å². The van der Waals surface area contributed by atoms with Gasteiger partial charge in [0.1, 0.15) is 23.3 Å². The Kier molecular flexibility index (Phi) is 9.92. The normalized spacial score (nSPS) is 14.6. The number of piperidine rings is 1. The maximum Gasteiger partial charge on any atom is 0.323 e. The van der Waals surface area contributed by atoms with E-state index >= 15 is 0 Å². The highest BCUT2D eigenvalue weighted by molar-refractivity contribution is 5.91. The highest BCUT2D eigenvalue weighted by atomic mass is 16.5. The average molecular weight is 538 g/mol. The lowest BCUT2D eigenvalue weighted by atomic mass is 10.1. The predicted molar refractivity (Wildman–Crippen MR) is 159 cm³/mol. The number of nitrogens with zero attached hydrogens (tertiary/aromatic N) is 3. The summed E-state index contributed by atoms with van der Waals surface area (Å²) in [5.41, 5.74) is 2.24. The van der Waals surface area contributed by atoms with Crippen molar-refractivity contribution in [3.8, 4) is 23.3 Å². The first kappa shape index (κ1) is 28.4. The van der Waals surface area contributed by atoms with Crippen LogP contribution in [0.15, 0.2) is 85.7 Å². The fourth-order valence-corrected chi connectivity index (χ4v) is 4.63. The number of urea groups is 1. The minimum absolute atomic E-state index is 0.346. The van der Waals surface area contributed by atoms with Crippen molar-refractivity contribution in [3.05, 3.63) is 91.3 Å². The molecule has 206 valence electrons. The molecule has 1 fully saturated rings. The maximum absolute atomic E-state index is 12.2. The van der Waals surface area contributed by atoms with Gasteiger partial charge in [0, 0.05) is 41.5 Å². The van der Waals surface area contributed by atoms with Crippen molar-refractivity contribution in [2.75, 3.05) is 31.6 Å². The second kappa shape index (κ2) is 14.0. The van der Waals surface area contributed by atoms with E-state index in [0.717, 1.165) is 19.6 Å². The Balaban J connectivity index is 1.42. The third kappa shape index (κ3) is 7.71. The molecular weight excluding hydrogens is 502 g/mol. The lowest BCUT2D eigenvalue weighted by molar-refractivity contribution is 0.165. The van der Waals surface area contributed by atoms with Crippen molar-refractivity contribution in [1.29, 1.82) is 5.26 Å². The molecule has 1 aromatic heterocycles. The SMILES string of the molecule is C=C/C=C(\C=C)NC(=O)Nc1ccc(Oc2ccnc3cc(OC[C@H](C)CN4CCCCC4)c(C#N)cc23)cc1. The minimum atomic E-state index is -0.398. The molecule has 1 aliphatic heterocycles. The number of nitriles is 1. The van der Waals surface area contributed by atoms with E-state index in [-0.39, 0.29) is 0 Å². The molecule has 8 heteroatoms. The van der Waals surface area contributed by atoms with E-state index in [1.54, 1.807) is 60.8 Å². The third-order valence-corrected chi connectivity index (χ3v) is 6.58. The Morgan fingerprint density at radius 3 is 2.62 bits per heavy atom. The number of carbonyl (C=O) groups excluding carboxylic acids is 1. The highest BCUT2D eigenvalue weighted by Gasteiger charge is 2.16. The highest BCUT2D eigenvalue weighted by Crippen LogP contribution is 2.33. The van der Waals surface area contributed by atoms with Crippen LogP contribution in [-0.4, -0.2) is 42.2 Å². The molecule has 3 aromatic rings. The van der Waals surface area contributed by atoms with Crippen molar-refractivity contribution in [2.45, 2.75) is 26.2 Å². The molecule has 2 heterocycles. The number of anilines is 1. The summed E-state index contributed by atoms with van der Waals surface area (Å²) in [5, 5.41) is 16.0. The zero-order valence-corrected chi connectivity index (χ0v) is 22.9. The van der Waals surface area contributed by atoms with Gasteiger partial charge in [0.05, 0.1) is 17.7 Å². The predicted octanol–water partition coefficient (Wildman–Crippen LogP) is 6.78. The lowest BCUT2D eigenvalue weighted by Gasteiger charge is -2.29. The molecule has 1 atom stereocenters. The third-order valence-electron chi connectivity index (χ3n) is 6.58. The molecule has 0 unspecified atom stereocenters. The fourth-order valence-electron chi connectivity index (χ4n) is 4.63. The minimum Gasteiger partial charge on any atom is -0.492 e. The monoisotopic (exact) mass is 537 g/mol. The molecule has 1 aliphatic rings. The van der Waals surface area contributed by atoms with Gasteiger partial charge in [-0.2, -0.15) is 5.26 Å². The Morgan fingerprint density at radius 1 is 1.15 bits per heavy atom. The topological polar surface area (TPSA) is 99.5 Å². The second-order valence-corrected chi connectivity index (χ2v) is 9.83. The molecule has 0 saturated carbocycles. The first-order valence-electron chi connectivity index (χ1n) is 13.5. The van der Waals surface area contributed by atoms with Gasteiger partial charge in [-0.3, -0.25) is 4.98 Å². The van der Waals surface area contributed by atoms with Crippen LogP contribution < -0.4 is 20.1 Å². The first-order valence-corrected chi connectivity index (χ1v) is 13.5. The molecule has 8 nitrogen and oxygen atoms in total. The van der Waals surface area contributed by atoms with Crippen LogP contribution >= 0.6 is 0 Å². The molecule has 2 N–H and O–H groups in total. The number of aromatic nitrogens is 1. The van der Waals surface area contributed by atoms with Crippen LogP contribution in [0.1, 0.15) is 31.7 Å². The average Bonchev–Trinajstić information content (AvgIpc) is 2.97. The Hall–Kier alpha value is -4.61. The molecular formula is C32H35N5O3. The summed E-state index contributed by atoms with van der Waals surface area (Å²) in [6.07, 6.45) is 10.2. The number of likely N-dealkylation sites (tertiary alicyclic amines) is 1. The number of carbonyl (C=O) groups is 1. The second-order valence-electron chi connectivity index (χ2n) is 9.83. The van der Waals surface area contributed by atoms with Crippen LogP contribution in [-0.2, 0) is 0 Å². The molecule has 0 bridgehead atoms. The Bertz CT molecular complexity index is 1420.